The van der Waals surface area contributed by atoms with Crippen LogP contribution in [0, 0.1) is 0 Å². The molecule has 208 valence electrons. The lowest BCUT2D eigenvalue weighted by molar-refractivity contribution is -0.687. The molecule has 0 bridgehead atoms. The number of thioether (sulfide) groups is 1. The van der Waals surface area contributed by atoms with Crippen molar-refractivity contribution in [2.45, 2.75) is 37.4 Å². The van der Waals surface area contributed by atoms with Crippen molar-refractivity contribution < 1.29 is 38.8 Å². The van der Waals surface area contributed by atoms with Gasteiger partial charge in [0.05, 0.1) is 6.33 Å². The van der Waals surface area contributed by atoms with Crippen molar-refractivity contribution in [3.8, 4) is 0 Å². The number of hydrogen-bond donors (Lipinski definition) is 5. The Morgan fingerprint density at radius 3 is 2.83 bits per heavy atom. The average Bonchev–Trinajstić information content (AvgIpc) is 3.55. The molecule has 0 radical (unpaired) electrons. The first-order valence-electron chi connectivity index (χ1n) is 11.7. The third-order valence-electron chi connectivity index (χ3n) is 6.19. The van der Waals surface area contributed by atoms with Crippen LogP contribution in [0.15, 0.2) is 46.6 Å². The zero-order valence-electron chi connectivity index (χ0n) is 21.0. The molecule has 40 heavy (non-hydrogen) atoms. The molecule has 0 aliphatic carbocycles. The predicted octanol–water partition coefficient (Wildman–Crippen LogP) is -0.0882. The van der Waals surface area contributed by atoms with E-state index in [4.69, 9.17) is 10.6 Å². The van der Waals surface area contributed by atoms with Gasteiger partial charge in [-0.3, -0.25) is 14.5 Å². The fraction of sp³-hybridized carbons (Fsp3) is 0.304. The first-order chi connectivity index (χ1) is 19.0. The van der Waals surface area contributed by atoms with E-state index in [1.807, 2.05) is 0 Å². The smallest absolute Gasteiger partial charge is 0.352 e. The van der Waals surface area contributed by atoms with Gasteiger partial charge in [0.1, 0.15) is 33.8 Å². The van der Waals surface area contributed by atoms with Crippen LogP contribution in [0.2, 0.25) is 0 Å². The predicted molar refractivity (Wildman–Crippen MR) is 142 cm³/mol. The number of aromatic nitrogens is 4. The molecule has 6 N–H and O–H groups in total. The fourth-order valence-corrected chi connectivity index (χ4v) is 5.94. The Hall–Kier alpha value is -4.51. The number of fused-ring (bicyclic) bond motifs is 2. The molecule has 3 aromatic rings. The normalized spacial score (nSPS) is 19.3. The SMILES string of the molecule is CC(C)(ON=C(C(=O)NC1C(=O)N2C(C(=O)O)=C(C[n+]3ccc4nc[nH]c4c3)CS[C@@H]12)c1csc(N)n1)C(=O)O. The van der Waals surface area contributed by atoms with Crippen molar-refractivity contribution in [3.05, 3.63) is 47.1 Å². The van der Waals surface area contributed by atoms with Crippen LogP contribution in [-0.2, 0) is 30.6 Å². The summed E-state index contributed by atoms with van der Waals surface area (Å²) in [5.74, 6) is -3.75. The van der Waals surface area contributed by atoms with Crippen LogP contribution in [0.1, 0.15) is 19.5 Å². The number of aliphatic carboxylic acids is 2. The fourth-order valence-electron chi connectivity index (χ4n) is 4.06. The molecule has 2 aliphatic rings. The number of pyridine rings is 1. The number of hydrogen-bond acceptors (Lipinski definition) is 11. The molecule has 0 spiro atoms. The van der Waals surface area contributed by atoms with E-state index < -0.39 is 40.8 Å². The van der Waals surface area contributed by atoms with Crippen LogP contribution >= 0.6 is 23.1 Å². The standard InChI is InChI=1S/C23H22N8O7S2/c1-23(2,21(36)37)38-29-14(13-8-40-22(24)27-13)17(32)28-15-18(33)31-16(20(34)35)10(7-39-19(15)31)5-30-4-3-11-12(6-30)26-9-25-11/h3-4,6,8-9,15,19H,5,7H2,1-2H3,(H5,24,27,28,32,34,35,36,37)/p+1/t15?,19-/m0/s1. The van der Waals surface area contributed by atoms with E-state index in [0.717, 1.165) is 27.3 Å². The van der Waals surface area contributed by atoms with Crippen molar-refractivity contribution in [2.75, 3.05) is 11.5 Å². The number of carbonyl (C=O) groups is 4. The molecule has 15 nitrogen and oxygen atoms in total. The Labute approximate surface area is 233 Å². The van der Waals surface area contributed by atoms with Crippen molar-refractivity contribution in [1.82, 2.24) is 25.2 Å². The summed E-state index contributed by atoms with van der Waals surface area (Å²) in [6.07, 6.45) is 5.13. The van der Waals surface area contributed by atoms with Gasteiger partial charge in [-0.25, -0.2) is 19.6 Å². The zero-order chi connectivity index (χ0) is 28.8. The number of nitrogens with zero attached hydrogens (tertiary/aromatic N) is 5. The zero-order valence-corrected chi connectivity index (χ0v) is 22.7. The van der Waals surface area contributed by atoms with Gasteiger partial charge in [-0.2, -0.15) is 4.57 Å². The quantitative estimate of drug-likeness (QED) is 0.0964. The van der Waals surface area contributed by atoms with Crippen molar-refractivity contribution >= 4 is 68.7 Å². The summed E-state index contributed by atoms with van der Waals surface area (Å²) in [7, 11) is 0. The molecule has 17 heteroatoms. The number of thiazole rings is 1. The van der Waals surface area contributed by atoms with Crippen molar-refractivity contribution in [2.24, 2.45) is 5.16 Å². The van der Waals surface area contributed by atoms with E-state index >= 15 is 0 Å². The summed E-state index contributed by atoms with van der Waals surface area (Å²) in [5.41, 5.74) is 5.51. The number of nitrogens with two attached hydrogens (primary N) is 1. The largest absolute Gasteiger partial charge is 0.478 e. The van der Waals surface area contributed by atoms with Crippen molar-refractivity contribution in [3.63, 3.8) is 0 Å². The minimum atomic E-state index is -1.76. The van der Waals surface area contributed by atoms with Gasteiger partial charge in [0.15, 0.2) is 29.8 Å². The number of carboxylic acids is 2. The Kier molecular flexibility index (Phi) is 6.92. The van der Waals surface area contributed by atoms with Gasteiger partial charge in [-0.15, -0.1) is 23.1 Å². The summed E-state index contributed by atoms with van der Waals surface area (Å²) in [6, 6.07) is 0.735. The van der Waals surface area contributed by atoms with Crippen LogP contribution in [-0.4, -0.2) is 82.3 Å². The van der Waals surface area contributed by atoms with Gasteiger partial charge >= 0.3 is 11.9 Å². The molecular weight excluding hydrogens is 564 g/mol. The van der Waals surface area contributed by atoms with Crippen LogP contribution in [0.5, 0.6) is 0 Å². The Morgan fingerprint density at radius 2 is 2.15 bits per heavy atom. The van der Waals surface area contributed by atoms with Crippen molar-refractivity contribution in [1.29, 1.82) is 0 Å². The minimum absolute atomic E-state index is 0.0285. The van der Waals surface area contributed by atoms with Gasteiger partial charge in [0.25, 0.3) is 11.8 Å². The van der Waals surface area contributed by atoms with Crippen LogP contribution in [0.25, 0.3) is 11.0 Å². The molecule has 2 aliphatic heterocycles. The van der Waals surface area contributed by atoms with Gasteiger partial charge in [0.2, 0.25) is 5.60 Å². The summed E-state index contributed by atoms with van der Waals surface area (Å²) < 4.78 is 1.80. The molecule has 3 aromatic heterocycles. The second kappa shape index (κ2) is 10.2. The molecule has 2 amide bonds. The van der Waals surface area contributed by atoms with E-state index in [1.54, 1.807) is 29.4 Å². The maximum Gasteiger partial charge on any atom is 0.352 e. The monoisotopic (exact) mass is 587 g/mol. The lowest BCUT2D eigenvalue weighted by atomic mass is 10.0. The Bertz CT molecular complexity index is 1610. The number of imidazole rings is 1. The van der Waals surface area contributed by atoms with Gasteiger partial charge < -0.3 is 31.1 Å². The maximum absolute atomic E-state index is 13.2. The number of rotatable bonds is 9. The molecule has 2 atom stereocenters. The highest BCUT2D eigenvalue weighted by Crippen LogP contribution is 2.40. The highest BCUT2D eigenvalue weighted by Gasteiger charge is 2.55. The number of H-pyrrole nitrogens is 1. The molecular formula is C23H23N8O7S2+. The van der Waals surface area contributed by atoms with E-state index in [9.17, 15) is 29.4 Å². The average molecular weight is 588 g/mol. The van der Waals surface area contributed by atoms with Gasteiger partial charge in [-0.1, -0.05) is 5.16 Å². The lowest BCUT2D eigenvalue weighted by Crippen LogP contribution is -2.71. The number of nitrogens with one attached hydrogen (secondary N) is 2. The maximum atomic E-state index is 13.2. The minimum Gasteiger partial charge on any atom is -0.478 e. The number of amides is 2. The number of carboxylic acid groups (broad SMARTS) is 2. The topological polar surface area (TPSA) is 217 Å². The van der Waals surface area contributed by atoms with E-state index in [-0.39, 0.29) is 28.8 Å². The Morgan fingerprint density at radius 1 is 1.38 bits per heavy atom. The molecule has 5 rings (SSSR count). The van der Waals surface area contributed by atoms with E-state index in [2.05, 4.69) is 25.4 Å². The lowest BCUT2D eigenvalue weighted by Gasteiger charge is -2.49. The number of aromatic amines is 1. The van der Waals surface area contributed by atoms with Gasteiger partial charge in [0, 0.05) is 22.8 Å². The number of β-lactam (4-membered cyclic amide) rings is 1. The van der Waals surface area contributed by atoms with Crippen LogP contribution < -0.4 is 15.6 Å². The van der Waals surface area contributed by atoms with Crippen LogP contribution in [0.4, 0.5) is 5.13 Å². The number of oxime groups is 1. The first kappa shape index (κ1) is 27.1. The van der Waals surface area contributed by atoms with Crippen LogP contribution in [0.3, 0.4) is 0 Å². The first-order valence-corrected chi connectivity index (χ1v) is 13.6. The molecule has 0 aromatic carbocycles. The Balaban J connectivity index is 1.36. The molecule has 0 saturated carbocycles. The third kappa shape index (κ3) is 4.95. The highest BCUT2D eigenvalue weighted by molar-refractivity contribution is 8.00. The van der Waals surface area contributed by atoms with Gasteiger partial charge in [-0.05, 0) is 13.8 Å². The summed E-state index contributed by atoms with van der Waals surface area (Å²) in [6.45, 7) is 2.73. The summed E-state index contributed by atoms with van der Waals surface area (Å²) >= 11 is 2.34. The number of nitrogen functional groups attached to an aromatic ring is 1. The third-order valence-corrected chi connectivity index (χ3v) is 8.20. The van der Waals surface area contributed by atoms with E-state index in [0.29, 0.717) is 11.3 Å². The number of anilines is 1. The summed E-state index contributed by atoms with van der Waals surface area (Å²) in [5, 5.41) is 26.5. The number of carbonyl (C=O) groups excluding carboxylic acids is 2. The molecule has 5 heterocycles. The second-order valence-corrected chi connectivity index (χ2v) is 11.3. The second-order valence-electron chi connectivity index (χ2n) is 9.35. The molecule has 1 fully saturated rings. The molecule has 1 unspecified atom stereocenters. The molecule has 1 saturated heterocycles. The highest BCUT2D eigenvalue weighted by atomic mass is 32.2. The van der Waals surface area contributed by atoms with E-state index in [1.165, 1.54) is 31.0 Å². The summed E-state index contributed by atoms with van der Waals surface area (Å²) in [4.78, 5) is 67.5.